The van der Waals surface area contributed by atoms with Crippen LogP contribution in [0.4, 0.5) is 5.82 Å². The Morgan fingerprint density at radius 3 is 2.72 bits per heavy atom. The molecule has 2 rings (SSSR count). The fourth-order valence-corrected chi connectivity index (χ4v) is 2.24. The second-order valence-corrected chi connectivity index (χ2v) is 5.39. The monoisotopic (exact) mass is 352 g/mol. The summed E-state index contributed by atoms with van der Waals surface area (Å²) in [6.07, 6.45) is 1.74. The van der Waals surface area contributed by atoms with Crippen LogP contribution < -0.4 is 5.32 Å². The zero-order valence-corrected chi connectivity index (χ0v) is 12.4. The number of nitrogens with one attached hydrogen (secondary N) is 1. The number of aromatic nitrogens is 1. The molecule has 0 fully saturated rings. The lowest BCUT2D eigenvalue weighted by molar-refractivity contribution is 0.102. The molecule has 1 aromatic carbocycles. The van der Waals surface area contributed by atoms with Crippen LogP contribution in [-0.2, 0) is 0 Å². The van der Waals surface area contributed by atoms with Crippen LogP contribution in [0.2, 0.25) is 0 Å². The van der Waals surface area contributed by atoms with Gasteiger partial charge in [0, 0.05) is 15.3 Å². The number of rotatable bonds is 2. The summed E-state index contributed by atoms with van der Waals surface area (Å²) in [5, 5.41) is 2.83. The number of benzene rings is 1. The van der Waals surface area contributed by atoms with Crippen LogP contribution in [0.25, 0.3) is 0 Å². The molecule has 0 unspecified atom stereocenters. The standard InChI is InChI=1S/C14H13IN2O/c1-9-4-3-5-11(6-9)14(18)17-13-10(2)7-12(15)8-16-13/h3-8H,1-2H3,(H,16,17,18). The van der Waals surface area contributed by atoms with E-state index in [1.807, 2.05) is 38.1 Å². The van der Waals surface area contributed by atoms with E-state index in [0.29, 0.717) is 11.4 Å². The molecule has 18 heavy (non-hydrogen) atoms. The van der Waals surface area contributed by atoms with Crippen molar-refractivity contribution in [2.75, 3.05) is 5.32 Å². The third-order valence-corrected chi connectivity index (χ3v) is 3.15. The first-order valence-corrected chi connectivity index (χ1v) is 6.64. The molecule has 0 bridgehead atoms. The number of carbonyl (C=O) groups excluding carboxylic acids is 1. The van der Waals surface area contributed by atoms with Crippen molar-refractivity contribution in [3.05, 3.63) is 56.8 Å². The molecule has 0 aliphatic rings. The summed E-state index contributed by atoms with van der Waals surface area (Å²) in [6, 6.07) is 9.48. The first-order valence-electron chi connectivity index (χ1n) is 5.56. The zero-order chi connectivity index (χ0) is 13.1. The summed E-state index contributed by atoms with van der Waals surface area (Å²) in [6.45, 7) is 3.90. The van der Waals surface area contributed by atoms with E-state index >= 15 is 0 Å². The van der Waals surface area contributed by atoms with Crippen LogP contribution in [0.15, 0.2) is 36.5 Å². The summed E-state index contributed by atoms with van der Waals surface area (Å²) >= 11 is 2.20. The third kappa shape index (κ3) is 3.07. The molecule has 0 aliphatic carbocycles. The summed E-state index contributed by atoms with van der Waals surface area (Å²) in [5.74, 6) is 0.484. The van der Waals surface area contributed by atoms with E-state index in [0.717, 1.165) is 14.7 Å². The first-order chi connectivity index (χ1) is 8.56. The summed E-state index contributed by atoms with van der Waals surface area (Å²) in [5.41, 5.74) is 2.67. The van der Waals surface area contributed by atoms with E-state index in [1.54, 1.807) is 12.3 Å². The Morgan fingerprint density at radius 2 is 2.06 bits per heavy atom. The van der Waals surface area contributed by atoms with E-state index in [-0.39, 0.29) is 5.91 Å². The Labute approximate surface area is 120 Å². The molecule has 0 saturated heterocycles. The summed E-state index contributed by atoms with van der Waals surface area (Å²) in [4.78, 5) is 16.3. The summed E-state index contributed by atoms with van der Waals surface area (Å²) < 4.78 is 1.05. The largest absolute Gasteiger partial charge is 0.306 e. The molecule has 0 saturated carbocycles. The fraction of sp³-hybridized carbons (Fsp3) is 0.143. The number of hydrogen-bond donors (Lipinski definition) is 1. The Kier molecular flexibility index (Phi) is 3.96. The van der Waals surface area contributed by atoms with E-state index < -0.39 is 0 Å². The minimum absolute atomic E-state index is 0.129. The van der Waals surface area contributed by atoms with E-state index in [2.05, 4.69) is 32.9 Å². The van der Waals surface area contributed by atoms with Crippen LogP contribution >= 0.6 is 22.6 Å². The van der Waals surface area contributed by atoms with Crippen LogP contribution in [0.3, 0.4) is 0 Å². The number of halogens is 1. The lowest BCUT2D eigenvalue weighted by atomic mass is 10.1. The van der Waals surface area contributed by atoms with Crippen molar-refractivity contribution in [1.82, 2.24) is 4.98 Å². The molecule has 1 N–H and O–H groups in total. The lowest BCUT2D eigenvalue weighted by Gasteiger charge is -2.08. The molecule has 0 spiro atoms. The molecule has 2 aromatic rings. The van der Waals surface area contributed by atoms with Gasteiger partial charge in [-0.1, -0.05) is 17.7 Å². The molecule has 0 aliphatic heterocycles. The Bertz CT molecular complexity index is 596. The van der Waals surface area contributed by atoms with Crippen molar-refractivity contribution in [3.63, 3.8) is 0 Å². The van der Waals surface area contributed by atoms with Gasteiger partial charge in [-0.15, -0.1) is 0 Å². The lowest BCUT2D eigenvalue weighted by Crippen LogP contribution is -2.14. The maximum absolute atomic E-state index is 12.1. The predicted molar refractivity (Wildman–Crippen MR) is 80.8 cm³/mol. The highest BCUT2D eigenvalue weighted by atomic mass is 127. The first kappa shape index (κ1) is 13.0. The SMILES string of the molecule is Cc1cccc(C(=O)Nc2ncc(I)cc2C)c1. The highest BCUT2D eigenvalue weighted by Gasteiger charge is 2.08. The second kappa shape index (κ2) is 5.48. The van der Waals surface area contributed by atoms with Gasteiger partial charge in [-0.05, 0) is 60.2 Å². The zero-order valence-electron chi connectivity index (χ0n) is 10.2. The van der Waals surface area contributed by atoms with Gasteiger partial charge in [-0.2, -0.15) is 0 Å². The second-order valence-electron chi connectivity index (χ2n) is 4.14. The molecule has 1 amide bonds. The molecule has 1 aromatic heterocycles. The van der Waals surface area contributed by atoms with Crippen LogP contribution in [0.5, 0.6) is 0 Å². The van der Waals surface area contributed by atoms with Crippen molar-refractivity contribution in [2.24, 2.45) is 0 Å². The van der Waals surface area contributed by atoms with Crippen LogP contribution in [-0.4, -0.2) is 10.9 Å². The van der Waals surface area contributed by atoms with Crippen molar-refractivity contribution in [3.8, 4) is 0 Å². The number of pyridine rings is 1. The average Bonchev–Trinajstić information content (AvgIpc) is 2.32. The Balaban J connectivity index is 2.21. The number of nitrogens with zero attached hydrogens (tertiary/aromatic N) is 1. The predicted octanol–water partition coefficient (Wildman–Crippen LogP) is 3.56. The smallest absolute Gasteiger partial charge is 0.256 e. The van der Waals surface area contributed by atoms with Gasteiger partial charge < -0.3 is 5.32 Å². The van der Waals surface area contributed by atoms with Gasteiger partial charge in [0.25, 0.3) is 5.91 Å². The maximum Gasteiger partial charge on any atom is 0.256 e. The number of amides is 1. The summed E-state index contributed by atoms with van der Waals surface area (Å²) in [7, 11) is 0. The Morgan fingerprint density at radius 1 is 1.28 bits per heavy atom. The minimum atomic E-state index is -0.129. The molecule has 92 valence electrons. The van der Waals surface area contributed by atoms with Gasteiger partial charge in [0.05, 0.1) is 0 Å². The number of aryl methyl sites for hydroxylation is 2. The fourth-order valence-electron chi connectivity index (χ4n) is 1.64. The van der Waals surface area contributed by atoms with Crippen molar-refractivity contribution >= 4 is 34.3 Å². The minimum Gasteiger partial charge on any atom is -0.306 e. The van der Waals surface area contributed by atoms with Crippen LogP contribution in [0, 0.1) is 17.4 Å². The highest BCUT2D eigenvalue weighted by Crippen LogP contribution is 2.15. The van der Waals surface area contributed by atoms with Crippen LogP contribution in [0.1, 0.15) is 21.5 Å². The molecular weight excluding hydrogens is 339 g/mol. The van der Waals surface area contributed by atoms with Gasteiger partial charge in [-0.25, -0.2) is 4.98 Å². The molecule has 0 radical (unpaired) electrons. The number of hydrogen-bond acceptors (Lipinski definition) is 2. The van der Waals surface area contributed by atoms with E-state index in [9.17, 15) is 4.79 Å². The Hall–Kier alpha value is -1.43. The molecule has 3 nitrogen and oxygen atoms in total. The molecule has 4 heteroatoms. The molecule has 0 atom stereocenters. The van der Waals surface area contributed by atoms with Gasteiger partial charge in [0.2, 0.25) is 0 Å². The number of carbonyl (C=O) groups is 1. The van der Waals surface area contributed by atoms with Gasteiger partial charge in [-0.3, -0.25) is 4.79 Å². The van der Waals surface area contributed by atoms with Crippen molar-refractivity contribution in [1.29, 1.82) is 0 Å². The van der Waals surface area contributed by atoms with E-state index in [1.165, 1.54) is 0 Å². The van der Waals surface area contributed by atoms with E-state index in [4.69, 9.17) is 0 Å². The van der Waals surface area contributed by atoms with Crippen molar-refractivity contribution < 1.29 is 4.79 Å². The average molecular weight is 352 g/mol. The number of anilines is 1. The maximum atomic E-state index is 12.1. The highest BCUT2D eigenvalue weighted by molar-refractivity contribution is 14.1. The van der Waals surface area contributed by atoms with Gasteiger partial charge in [0.1, 0.15) is 5.82 Å². The third-order valence-electron chi connectivity index (χ3n) is 2.56. The van der Waals surface area contributed by atoms with Gasteiger partial charge >= 0.3 is 0 Å². The quantitative estimate of drug-likeness (QED) is 0.840. The van der Waals surface area contributed by atoms with Crippen molar-refractivity contribution in [2.45, 2.75) is 13.8 Å². The van der Waals surface area contributed by atoms with Gasteiger partial charge in [0.15, 0.2) is 0 Å². The molecule has 1 heterocycles. The molecular formula is C14H13IN2O. The normalized spacial score (nSPS) is 10.2. The topological polar surface area (TPSA) is 42.0 Å².